The Bertz CT molecular complexity index is 500. The molecule has 0 atom stereocenters. The van der Waals surface area contributed by atoms with Crippen LogP contribution < -0.4 is 0 Å². The molecule has 0 bridgehead atoms. The van der Waals surface area contributed by atoms with Crippen LogP contribution in [-0.2, 0) is 9.53 Å². The molecule has 0 aliphatic carbocycles. The number of nitrogens with zero attached hydrogens (tertiary/aromatic N) is 1. The molecule has 0 saturated carbocycles. The molecule has 1 amide bonds. The molecule has 0 N–H and O–H groups in total. The third-order valence-electron chi connectivity index (χ3n) is 3.36. The fourth-order valence-corrected chi connectivity index (χ4v) is 4.73. The smallest absolute Gasteiger partial charge is 0.325 e. The molecule has 0 saturated heterocycles. The molecule has 0 spiro atoms. The first-order chi connectivity index (χ1) is 9.92. The van der Waals surface area contributed by atoms with E-state index in [9.17, 15) is 9.59 Å². The van der Waals surface area contributed by atoms with Crippen molar-refractivity contribution in [3.05, 3.63) is 19.2 Å². The molecule has 1 aromatic rings. The standard InChI is InChI=1S/C14H19Br2NO3S/c1-4-9(5-2)7-17(8-12(18)20-3)14(19)10-6-11(15)21-13(10)16/h6,9H,4-5,7-8H2,1-3H3. The van der Waals surface area contributed by atoms with Crippen molar-refractivity contribution in [3.8, 4) is 0 Å². The molecule has 1 rings (SSSR count). The first-order valence-corrected chi connectivity index (χ1v) is 9.14. The summed E-state index contributed by atoms with van der Waals surface area (Å²) in [5, 5.41) is 0. The lowest BCUT2D eigenvalue weighted by Crippen LogP contribution is -2.39. The summed E-state index contributed by atoms with van der Waals surface area (Å²) >= 11 is 8.20. The van der Waals surface area contributed by atoms with E-state index in [1.165, 1.54) is 18.4 Å². The predicted molar refractivity (Wildman–Crippen MR) is 91.7 cm³/mol. The molecule has 0 aromatic carbocycles. The van der Waals surface area contributed by atoms with Gasteiger partial charge in [-0.05, 0) is 43.8 Å². The molecule has 0 aliphatic heterocycles. The second-order valence-electron chi connectivity index (χ2n) is 4.68. The highest BCUT2D eigenvalue weighted by Gasteiger charge is 2.24. The van der Waals surface area contributed by atoms with Gasteiger partial charge in [0, 0.05) is 6.54 Å². The zero-order chi connectivity index (χ0) is 16.0. The van der Waals surface area contributed by atoms with Gasteiger partial charge < -0.3 is 9.64 Å². The summed E-state index contributed by atoms with van der Waals surface area (Å²) in [6, 6.07) is 1.77. The fourth-order valence-electron chi connectivity index (χ4n) is 1.95. The normalized spacial score (nSPS) is 10.8. The highest BCUT2D eigenvalue weighted by atomic mass is 79.9. The number of hydrogen-bond acceptors (Lipinski definition) is 4. The van der Waals surface area contributed by atoms with E-state index in [0.29, 0.717) is 18.0 Å². The average Bonchev–Trinajstić information content (AvgIpc) is 2.81. The molecule has 4 nitrogen and oxygen atoms in total. The van der Waals surface area contributed by atoms with Gasteiger partial charge in [-0.15, -0.1) is 11.3 Å². The van der Waals surface area contributed by atoms with Crippen molar-refractivity contribution in [1.82, 2.24) is 4.90 Å². The van der Waals surface area contributed by atoms with Gasteiger partial charge in [-0.3, -0.25) is 9.59 Å². The summed E-state index contributed by atoms with van der Waals surface area (Å²) in [6.07, 6.45) is 1.94. The topological polar surface area (TPSA) is 46.6 Å². The van der Waals surface area contributed by atoms with Crippen LogP contribution in [0.3, 0.4) is 0 Å². The number of rotatable bonds is 7. The zero-order valence-corrected chi connectivity index (χ0v) is 16.3. The van der Waals surface area contributed by atoms with Gasteiger partial charge in [-0.2, -0.15) is 0 Å². The fraction of sp³-hybridized carbons (Fsp3) is 0.571. The lowest BCUT2D eigenvalue weighted by molar-refractivity contribution is -0.141. The van der Waals surface area contributed by atoms with Gasteiger partial charge in [-0.1, -0.05) is 26.7 Å². The number of hydrogen-bond donors (Lipinski definition) is 0. The van der Waals surface area contributed by atoms with E-state index in [2.05, 4.69) is 45.7 Å². The number of carbonyl (C=O) groups excluding carboxylic acids is 2. The van der Waals surface area contributed by atoms with Crippen molar-refractivity contribution in [2.45, 2.75) is 26.7 Å². The van der Waals surface area contributed by atoms with Crippen LogP contribution in [0.25, 0.3) is 0 Å². The Morgan fingerprint density at radius 2 is 1.95 bits per heavy atom. The number of methoxy groups -OCH3 is 1. The molecule has 21 heavy (non-hydrogen) atoms. The van der Waals surface area contributed by atoms with Crippen LogP contribution >= 0.6 is 43.2 Å². The molecular formula is C14H19Br2NO3S. The van der Waals surface area contributed by atoms with E-state index in [-0.39, 0.29) is 12.5 Å². The Morgan fingerprint density at radius 3 is 2.38 bits per heavy atom. The number of halogens is 2. The third kappa shape index (κ3) is 5.38. The van der Waals surface area contributed by atoms with E-state index >= 15 is 0 Å². The van der Waals surface area contributed by atoms with Crippen molar-refractivity contribution in [1.29, 1.82) is 0 Å². The summed E-state index contributed by atoms with van der Waals surface area (Å²) < 4.78 is 6.34. The van der Waals surface area contributed by atoms with Crippen molar-refractivity contribution in [2.24, 2.45) is 5.92 Å². The van der Waals surface area contributed by atoms with E-state index in [4.69, 9.17) is 4.74 Å². The summed E-state index contributed by atoms with van der Waals surface area (Å²) in [5.74, 6) is -0.180. The quantitative estimate of drug-likeness (QED) is 0.593. The minimum absolute atomic E-state index is 0.0221. The molecule has 118 valence electrons. The Morgan fingerprint density at radius 1 is 1.33 bits per heavy atom. The summed E-state index contributed by atoms with van der Waals surface area (Å²) in [4.78, 5) is 25.8. The Balaban J connectivity index is 2.96. The molecule has 0 fully saturated rings. The van der Waals surface area contributed by atoms with E-state index in [1.54, 1.807) is 11.0 Å². The molecule has 1 heterocycles. The maximum atomic E-state index is 12.7. The largest absolute Gasteiger partial charge is 0.468 e. The van der Waals surface area contributed by atoms with Gasteiger partial charge >= 0.3 is 5.97 Å². The van der Waals surface area contributed by atoms with Crippen LogP contribution in [0.5, 0.6) is 0 Å². The molecule has 7 heteroatoms. The van der Waals surface area contributed by atoms with Gasteiger partial charge in [0.2, 0.25) is 0 Å². The molecule has 0 radical (unpaired) electrons. The first kappa shape index (κ1) is 18.6. The Labute approximate surface area is 146 Å². The third-order valence-corrected chi connectivity index (χ3v) is 5.69. The highest BCUT2D eigenvalue weighted by molar-refractivity contribution is 9.12. The minimum Gasteiger partial charge on any atom is -0.468 e. The maximum Gasteiger partial charge on any atom is 0.325 e. The summed E-state index contributed by atoms with van der Waals surface area (Å²) in [6.45, 7) is 4.71. The summed E-state index contributed by atoms with van der Waals surface area (Å²) in [7, 11) is 1.33. The van der Waals surface area contributed by atoms with Crippen molar-refractivity contribution >= 4 is 55.1 Å². The van der Waals surface area contributed by atoms with Gasteiger partial charge in [0.05, 0.1) is 20.2 Å². The van der Waals surface area contributed by atoms with E-state index in [0.717, 1.165) is 20.4 Å². The first-order valence-electron chi connectivity index (χ1n) is 6.73. The number of carbonyl (C=O) groups is 2. The van der Waals surface area contributed by atoms with E-state index in [1.807, 2.05) is 0 Å². The Hall–Kier alpha value is -0.400. The molecule has 0 unspecified atom stereocenters. The van der Waals surface area contributed by atoms with Gasteiger partial charge in [-0.25, -0.2) is 0 Å². The van der Waals surface area contributed by atoms with Gasteiger partial charge in [0.1, 0.15) is 6.54 Å². The minimum atomic E-state index is -0.403. The van der Waals surface area contributed by atoms with Crippen molar-refractivity contribution in [3.63, 3.8) is 0 Å². The lowest BCUT2D eigenvalue weighted by atomic mass is 10.0. The number of thiophene rings is 1. The highest BCUT2D eigenvalue weighted by Crippen LogP contribution is 2.32. The van der Waals surface area contributed by atoms with E-state index < -0.39 is 5.97 Å². The van der Waals surface area contributed by atoms with Gasteiger partial charge in [0.25, 0.3) is 5.91 Å². The summed E-state index contributed by atoms with van der Waals surface area (Å²) in [5.41, 5.74) is 0.571. The molecule has 1 aromatic heterocycles. The monoisotopic (exact) mass is 439 g/mol. The lowest BCUT2D eigenvalue weighted by Gasteiger charge is -2.25. The van der Waals surface area contributed by atoms with Crippen LogP contribution in [-0.4, -0.2) is 37.0 Å². The zero-order valence-electron chi connectivity index (χ0n) is 12.3. The second kappa shape index (κ2) is 8.90. The average molecular weight is 441 g/mol. The molecule has 0 aliphatic rings. The number of amides is 1. The maximum absolute atomic E-state index is 12.7. The van der Waals surface area contributed by atoms with Crippen molar-refractivity contribution in [2.75, 3.05) is 20.2 Å². The van der Waals surface area contributed by atoms with Gasteiger partial charge in [0.15, 0.2) is 0 Å². The molecular weight excluding hydrogens is 422 g/mol. The van der Waals surface area contributed by atoms with Crippen LogP contribution in [0.2, 0.25) is 0 Å². The second-order valence-corrected chi connectivity index (χ2v) is 8.43. The van der Waals surface area contributed by atoms with Crippen LogP contribution in [0.1, 0.15) is 37.0 Å². The van der Waals surface area contributed by atoms with Crippen LogP contribution in [0.4, 0.5) is 0 Å². The Kier molecular flexibility index (Phi) is 7.90. The van der Waals surface area contributed by atoms with Crippen molar-refractivity contribution < 1.29 is 14.3 Å². The number of esters is 1. The SMILES string of the molecule is CCC(CC)CN(CC(=O)OC)C(=O)c1cc(Br)sc1Br. The van der Waals surface area contributed by atoms with Crippen LogP contribution in [0, 0.1) is 5.92 Å². The number of ether oxygens (including phenoxy) is 1. The predicted octanol–water partition coefficient (Wildman–Crippen LogP) is 4.32. The van der Waals surface area contributed by atoms with Crippen LogP contribution in [0.15, 0.2) is 13.6 Å².